The Morgan fingerprint density at radius 3 is 2.74 bits per heavy atom. The van der Waals surface area contributed by atoms with E-state index in [0.29, 0.717) is 18.1 Å². The molecule has 2 aromatic carbocycles. The highest BCUT2D eigenvalue weighted by Crippen LogP contribution is 2.22. The number of amides is 1. The molecule has 162 valence electrons. The number of nitrogens with zero attached hydrogens (tertiary/aromatic N) is 2. The van der Waals surface area contributed by atoms with Gasteiger partial charge in [0, 0.05) is 18.2 Å². The third kappa shape index (κ3) is 5.53. The number of nitrogens with two attached hydrogens (primary N) is 1. The van der Waals surface area contributed by atoms with E-state index in [1.807, 2.05) is 6.07 Å². The first kappa shape index (κ1) is 22.6. The minimum atomic E-state index is -0.747. The van der Waals surface area contributed by atoms with Gasteiger partial charge in [0.2, 0.25) is 11.8 Å². The van der Waals surface area contributed by atoms with Gasteiger partial charge in [-0.05, 0) is 52.7 Å². The first-order valence-corrected chi connectivity index (χ1v) is 9.99. The van der Waals surface area contributed by atoms with Crippen molar-refractivity contribution in [1.82, 2.24) is 14.9 Å². The SMILES string of the molecule is Cc1nc(OCc2ccc(F)cc2F)c(Br)c(=O)n1-c1cccc(CNCC(N)=O)c1. The number of ether oxygens (including phenoxy) is 1. The average Bonchev–Trinajstić information content (AvgIpc) is 2.71. The molecule has 3 aromatic rings. The van der Waals surface area contributed by atoms with Crippen LogP contribution in [0.4, 0.5) is 8.78 Å². The number of nitrogens with one attached hydrogen (secondary N) is 1. The standard InChI is InChI=1S/C21H19BrF2N4O3/c1-12-27-20(31-11-14-5-6-15(23)8-17(14)24)19(22)21(30)28(12)16-4-2-3-13(7-16)9-26-10-18(25)29/h2-8,26H,9-11H2,1H3,(H2,25,29). The maximum atomic E-state index is 13.8. The number of aromatic nitrogens is 2. The molecule has 0 fully saturated rings. The molecular formula is C21H19BrF2N4O3. The topological polar surface area (TPSA) is 99.2 Å². The van der Waals surface area contributed by atoms with E-state index in [4.69, 9.17) is 10.5 Å². The summed E-state index contributed by atoms with van der Waals surface area (Å²) in [6, 6.07) is 10.3. The number of carbonyl (C=O) groups is 1. The summed E-state index contributed by atoms with van der Waals surface area (Å²) < 4.78 is 33.8. The van der Waals surface area contributed by atoms with E-state index in [1.54, 1.807) is 25.1 Å². The fourth-order valence-electron chi connectivity index (χ4n) is 2.90. The highest BCUT2D eigenvalue weighted by molar-refractivity contribution is 9.10. The van der Waals surface area contributed by atoms with E-state index in [2.05, 4.69) is 26.2 Å². The minimum absolute atomic E-state index is 0.00162. The maximum Gasteiger partial charge on any atom is 0.276 e. The molecule has 3 rings (SSSR count). The van der Waals surface area contributed by atoms with Gasteiger partial charge < -0.3 is 15.8 Å². The third-order valence-corrected chi connectivity index (χ3v) is 5.02. The Morgan fingerprint density at radius 1 is 1.26 bits per heavy atom. The molecule has 3 N–H and O–H groups in total. The van der Waals surface area contributed by atoms with Crippen LogP contribution in [-0.4, -0.2) is 22.0 Å². The van der Waals surface area contributed by atoms with E-state index in [-0.39, 0.29) is 29.1 Å². The number of primary amides is 1. The van der Waals surface area contributed by atoms with Crippen molar-refractivity contribution < 1.29 is 18.3 Å². The summed E-state index contributed by atoms with van der Waals surface area (Å²) >= 11 is 3.20. The van der Waals surface area contributed by atoms with Crippen molar-refractivity contribution in [2.24, 2.45) is 5.73 Å². The first-order chi connectivity index (χ1) is 14.8. The number of hydrogen-bond donors (Lipinski definition) is 2. The summed E-state index contributed by atoms with van der Waals surface area (Å²) in [5.74, 6) is -1.55. The Balaban J connectivity index is 1.85. The van der Waals surface area contributed by atoms with E-state index in [0.717, 1.165) is 17.7 Å². The number of rotatable bonds is 8. The van der Waals surface area contributed by atoms with E-state index < -0.39 is 23.1 Å². The van der Waals surface area contributed by atoms with Crippen molar-refractivity contribution >= 4 is 21.8 Å². The molecule has 1 heterocycles. The lowest BCUT2D eigenvalue weighted by atomic mass is 10.2. The van der Waals surface area contributed by atoms with Crippen LogP contribution in [-0.2, 0) is 17.9 Å². The summed E-state index contributed by atoms with van der Waals surface area (Å²) in [4.78, 5) is 28.1. The molecule has 10 heteroatoms. The quantitative estimate of drug-likeness (QED) is 0.503. The summed E-state index contributed by atoms with van der Waals surface area (Å²) in [5.41, 5.74) is 6.25. The summed E-state index contributed by atoms with van der Waals surface area (Å²) in [7, 11) is 0. The van der Waals surface area contributed by atoms with Gasteiger partial charge in [0.1, 0.15) is 28.5 Å². The van der Waals surface area contributed by atoms with Gasteiger partial charge in [0.15, 0.2) is 0 Å². The van der Waals surface area contributed by atoms with Crippen LogP contribution in [0.25, 0.3) is 5.69 Å². The molecular weight excluding hydrogens is 474 g/mol. The van der Waals surface area contributed by atoms with Gasteiger partial charge in [-0.25, -0.2) is 8.78 Å². The molecule has 0 radical (unpaired) electrons. The van der Waals surface area contributed by atoms with E-state index in [1.165, 1.54) is 10.6 Å². The summed E-state index contributed by atoms with van der Waals surface area (Å²) in [5, 5.41) is 2.91. The van der Waals surface area contributed by atoms with Crippen LogP contribution < -0.4 is 21.3 Å². The molecule has 0 bridgehead atoms. The predicted molar refractivity (Wildman–Crippen MR) is 114 cm³/mol. The van der Waals surface area contributed by atoms with Crippen molar-refractivity contribution in [1.29, 1.82) is 0 Å². The summed E-state index contributed by atoms with van der Waals surface area (Å²) in [6.45, 7) is 1.85. The van der Waals surface area contributed by atoms with Crippen molar-refractivity contribution in [2.75, 3.05) is 6.54 Å². The second-order valence-electron chi connectivity index (χ2n) is 6.68. The molecule has 0 atom stereocenters. The van der Waals surface area contributed by atoms with Crippen LogP contribution in [0.5, 0.6) is 5.88 Å². The van der Waals surface area contributed by atoms with Gasteiger partial charge >= 0.3 is 0 Å². The smallest absolute Gasteiger partial charge is 0.276 e. The molecule has 0 spiro atoms. The van der Waals surface area contributed by atoms with Crippen LogP contribution in [0, 0.1) is 18.6 Å². The van der Waals surface area contributed by atoms with Crippen LogP contribution in [0.15, 0.2) is 51.7 Å². The highest BCUT2D eigenvalue weighted by atomic mass is 79.9. The molecule has 7 nitrogen and oxygen atoms in total. The van der Waals surface area contributed by atoms with Crippen LogP contribution in [0.1, 0.15) is 17.0 Å². The number of carbonyl (C=O) groups excluding carboxylic acids is 1. The van der Waals surface area contributed by atoms with Gasteiger partial charge in [-0.3, -0.25) is 14.2 Å². The van der Waals surface area contributed by atoms with Crippen LogP contribution in [0.3, 0.4) is 0 Å². The predicted octanol–water partition coefficient (Wildman–Crippen LogP) is 2.74. The van der Waals surface area contributed by atoms with E-state index >= 15 is 0 Å². The molecule has 0 aliphatic rings. The number of hydrogen-bond acceptors (Lipinski definition) is 5. The Kier molecular flexibility index (Phi) is 7.13. The lowest BCUT2D eigenvalue weighted by Crippen LogP contribution is -2.28. The molecule has 0 aliphatic carbocycles. The molecule has 0 saturated heterocycles. The average molecular weight is 493 g/mol. The van der Waals surface area contributed by atoms with Gasteiger partial charge in [0.05, 0.1) is 12.2 Å². The zero-order valence-electron chi connectivity index (χ0n) is 16.5. The van der Waals surface area contributed by atoms with Gasteiger partial charge in [-0.1, -0.05) is 12.1 Å². The third-order valence-electron chi connectivity index (χ3n) is 4.34. The Labute approximate surface area is 185 Å². The normalized spacial score (nSPS) is 10.8. The second kappa shape index (κ2) is 9.80. The maximum absolute atomic E-state index is 13.8. The number of halogens is 3. The Hall–Kier alpha value is -3.11. The van der Waals surface area contributed by atoms with Gasteiger partial charge in [-0.15, -0.1) is 0 Å². The lowest BCUT2D eigenvalue weighted by Gasteiger charge is -2.14. The monoisotopic (exact) mass is 492 g/mol. The largest absolute Gasteiger partial charge is 0.472 e. The second-order valence-corrected chi connectivity index (χ2v) is 7.48. The Bertz CT molecular complexity index is 1180. The van der Waals surface area contributed by atoms with Crippen molar-refractivity contribution in [2.45, 2.75) is 20.1 Å². The minimum Gasteiger partial charge on any atom is -0.472 e. The molecule has 31 heavy (non-hydrogen) atoms. The van der Waals surface area contributed by atoms with E-state index in [9.17, 15) is 18.4 Å². The fourth-order valence-corrected chi connectivity index (χ4v) is 3.28. The van der Waals surface area contributed by atoms with Crippen LogP contribution in [0.2, 0.25) is 0 Å². The van der Waals surface area contributed by atoms with Crippen molar-refractivity contribution in [3.05, 3.63) is 85.9 Å². The molecule has 0 unspecified atom stereocenters. The van der Waals surface area contributed by atoms with Gasteiger partial charge in [0.25, 0.3) is 5.56 Å². The fraction of sp³-hybridized carbons (Fsp3) is 0.190. The van der Waals surface area contributed by atoms with Crippen molar-refractivity contribution in [3.63, 3.8) is 0 Å². The van der Waals surface area contributed by atoms with Crippen molar-refractivity contribution in [3.8, 4) is 11.6 Å². The molecule has 1 aromatic heterocycles. The molecule has 1 amide bonds. The summed E-state index contributed by atoms with van der Waals surface area (Å²) in [6.07, 6.45) is 0. The lowest BCUT2D eigenvalue weighted by molar-refractivity contribution is -0.117. The first-order valence-electron chi connectivity index (χ1n) is 9.20. The molecule has 0 saturated carbocycles. The highest BCUT2D eigenvalue weighted by Gasteiger charge is 2.16. The molecule has 0 aliphatic heterocycles. The van der Waals surface area contributed by atoms with Crippen LogP contribution >= 0.6 is 15.9 Å². The number of aryl methyl sites for hydroxylation is 1. The number of benzene rings is 2. The Morgan fingerprint density at radius 2 is 2.03 bits per heavy atom. The van der Waals surface area contributed by atoms with Gasteiger partial charge in [-0.2, -0.15) is 4.98 Å². The zero-order chi connectivity index (χ0) is 22.5. The zero-order valence-corrected chi connectivity index (χ0v) is 18.1.